The summed E-state index contributed by atoms with van der Waals surface area (Å²) in [6, 6.07) is 0. The van der Waals surface area contributed by atoms with E-state index in [1.807, 2.05) is 0 Å². The van der Waals surface area contributed by atoms with Crippen LogP contribution in [0.25, 0.3) is 0 Å². The summed E-state index contributed by atoms with van der Waals surface area (Å²) in [7, 11) is -3.14. The van der Waals surface area contributed by atoms with Gasteiger partial charge in [0.2, 0.25) is 0 Å². The Morgan fingerprint density at radius 1 is 1.31 bits per heavy atom. The third-order valence-corrected chi connectivity index (χ3v) is 5.91. The van der Waals surface area contributed by atoms with Crippen molar-refractivity contribution >= 4 is 9.84 Å². The van der Waals surface area contributed by atoms with Crippen molar-refractivity contribution in [1.82, 2.24) is 0 Å². The topological polar surface area (TPSA) is 54.4 Å². The smallest absolute Gasteiger partial charge is 0.160 e. The fourth-order valence-corrected chi connectivity index (χ4v) is 3.78. The molecule has 0 bridgehead atoms. The minimum absolute atomic E-state index is 0.213. The maximum absolute atomic E-state index is 11.9. The lowest BCUT2D eigenvalue weighted by atomic mass is 10.2. The van der Waals surface area contributed by atoms with Gasteiger partial charge < -0.3 is 5.11 Å². The van der Waals surface area contributed by atoms with Gasteiger partial charge in [0.25, 0.3) is 0 Å². The Morgan fingerprint density at radius 3 is 2.15 bits per heavy atom. The molecule has 13 heavy (non-hydrogen) atoms. The second-order valence-corrected chi connectivity index (χ2v) is 7.23. The molecule has 3 nitrogen and oxygen atoms in total. The molecule has 0 saturated heterocycles. The molecule has 1 fully saturated rings. The van der Waals surface area contributed by atoms with Crippen LogP contribution in [0.1, 0.15) is 39.5 Å². The number of aliphatic hydroxyl groups is 1. The van der Waals surface area contributed by atoms with E-state index in [2.05, 4.69) is 0 Å². The third-order valence-electron chi connectivity index (χ3n) is 2.89. The van der Waals surface area contributed by atoms with Gasteiger partial charge in [-0.15, -0.1) is 0 Å². The molecule has 0 aromatic heterocycles. The molecular formula is C9H18O3S. The first kappa shape index (κ1) is 11.0. The predicted molar refractivity (Wildman–Crippen MR) is 52.3 cm³/mol. The van der Waals surface area contributed by atoms with Gasteiger partial charge in [-0.1, -0.05) is 12.8 Å². The molecule has 1 rings (SSSR count). The van der Waals surface area contributed by atoms with Gasteiger partial charge in [0.05, 0.1) is 16.6 Å². The molecule has 0 radical (unpaired) electrons. The summed E-state index contributed by atoms with van der Waals surface area (Å²) < 4.78 is 22.9. The normalized spacial score (nSPS) is 20.8. The standard InChI is InChI=1S/C9H18O3S/c1-9(2,7-10)13(11,12)8-5-3-4-6-8/h8,10H,3-7H2,1-2H3. The van der Waals surface area contributed by atoms with Crippen LogP contribution < -0.4 is 0 Å². The van der Waals surface area contributed by atoms with Crippen molar-refractivity contribution in [2.75, 3.05) is 6.61 Å². The second kappa shape index (κ2) is 3.58. The van der Waals surface area contributed by atoms with Gasteiger partial charge >= 0.3 is 0 Å². The number of hydrogen-bond donors (Lipinski definition) is 1. The first-order chi connectivity index (χ1) is 5.92. The molecule has 0 spiro atoms. The van der Waals surface area contributed by atoms with Crippen LogP contribution in [-0.2, 0) is 9.84 Å². The third kappa shape index (κ3) is 1.89. The van der Waals surface area contributed by atoms with E-state index in [1.165, 1.54) is 0 Å². The van der Waals surface area contributed by atoms with Crippen LogP contribution in [0.4, 0.5) is 0 Å². The SMILES string of the molecule is CC(C)(CO)S(=O)(=O)C1CCCC1. The molecule has 0 amide bonds. The lowest BCUT2D eigenvalue weighted by molar-refractivity contribution is 0.257. The fraction of sp³-hybridized carbons (Fsp3) is 1.00. The lowest BCUT2D eigenvalue weighted by Gasteiger charge is -2.25. The van der Waals surface area contributed by atoms with Gasteiger partial charge in [-0.3, -0.25) is 0 Å². The summed E-state index contributed by atoms with van der Waals surface area (Å²) in [5.74, 6) is 0. The van der Waals surface area contributed by atoms with Crippen molar-refractivity contribution in [1.29, 1.82) is 0 Å². The first-order valence-electron chi connectivity index (χ1n) is 4.76. The van der Waals surface area contributed by atoms with Gasteiger partial charge in [0.1, 0.15) is 0 Å². The average molecular weight is 206 g/mol. The Hall–Kier alpha value is -0.0900. The largest absolute Gasteiger partial charge is 0.395 e. The van der Waals surface area contributed by atoms with Crippen LogP contribution in [0.5, 0.6) is 0 Å². The molecule has 0 aliphatic heterocycles. The Bertz CT molecular complexity index is 261. The molecule has 0 atom stereocenters. The zero-order valence-electron chi connectivity index (χ0n) is 8.28. The quantitative estimate of drug-likeness (QED) is 0.752. The van der Waals surface area contributed by atoms with Crippen molar-refractivity contribution in [3.05, 3.63) is 0 Å². The predicted octanol–water partition coefficient (Wildman–Crippen LogP) is 1.11. The summed E-state index contributed by atoms with van der Waals surface area (Å²) >= 11 is 0. The van der Waals surface area contributed by atoms with Crippen molar-refractivity contribution in [3.8, 4) is 0 Å². The molecule has 1 aliphatic rings. The van der Waals surface area contributed by atoms with E-state index in [9.17, 15) is 8.42 Å². The average Bonchev–Trinajstić information content (AvgIpc) is 2.56. The monoisotopic (exact) mass is 206 g/mol. The second-order valence-electron chi connectivity index (χ2n) is 4.37. The minimum Gasteiger partial charge on any atom is -0.395 e. The van der Waals surface area contributed by atoms with Gasteiger partial charge in [-0.2, -0.15) is 0 Å². The Morgan fingerprint density at radius 2 is 1.77 bits per heavy atom. The highest BCUT2D eigenvalue weighted by Crippen LogP contribution is 2.31. The van der Waals surface area contributed by atoms with Crippen molar-refractivity contribution in [2.45, 2.75) is 49.5 Å². The van der Waals surface area contributed by atoms with Gasteiger partial charge in [-0.05, 0) is 26.7 Å². The first-order valence-corrected chi connectivity index (χ1v) is 6.31. The van der Waals surface area contributed by atoms with Crippen molar-refractivity contribution in [2.24, 2.45) is 0 Å². The van der Waals surface area contributed by atoms with E-state index in [-0.39, 0.29) is 11.9 Å². The molecule has 0 aromatic rings. The summed E-state index contributed by atoms with van der Waals surface area (Å²) in [5.41, 5.74) is 0. The van der Waals surface area contributed by atoms with E-state index in [0.29, 0.717) is 0 Å². The highest BCUT2D eigenvalue weighted by molar-refractivity contribution is 7.93. The summed E-state index contributed by atoms with van der Waals surface area (Å²) in [4.78, 5) is 0. The zero-order valence-corrected chi connectivity index (χ0v) is 9.10. The van der Waals surface area contributed by atoms with Gasteiger partial charge in [0.15, 0.2) is 9.84 Å². The number of aliphatic hydroxyl groups excluding tert-OH is 1. The lowest BCUT2D eigenvalue weighted by Crippen LogP contribution is -2.41. The Balaban J connectivity index is 2.87. The minimum atomic E-state index is -3.14. The molecular weight excluding hydrogens is 188 g/mol. The maximum atomic E-state index is 11.9. The van der Waals surface area contributed by atoms with Gasteiger partial charge in [-0.25, -0.2) is 8.42 Å². The van der Waals surface area contributed by atoms with E-state index < -0.39 is 14.6 Å². The molecule has 0 aromatic carbocycles. The van der Waals surface area contributed by atoms with Crippen molar-refractivity contribution < 1.29 is 13.5 Å². The number of sulfone groups is 1. The molecule has 78 valence electrons. The van der Waals surface area contributed by atoms with Crippen molar-refractivity contribution in [3.63, 3.8) is 0 Å². The van der Waals surface area contributed by atoms with E-state index in [4.69, 9.17) is 5.11 Å². The molecule has 0 heterocycles. The molecule has 1 saturated carbocycles. The Labute approximate surface area is 80.1 Å². The van der Waals surface area contributed by atoms with Crippen LogP contribution in [0.15, 0.2) is 0 Å². The summed E-state index contributed by atoms with van der Waals surface area (Å²) in [6.07, 6.45) is 3.55. The number of hydrogen-bond acceptors (Lipinski definition) is 3. The summed E-state index contributed by atoms with van der Waals surface area (Å²) in [6.45, 7) is 2.91. The fourth-order valence-electron chi connectivity index (χ4n) is 1.74. The van der Waals surface area contributed by atoms with E-state index in [1.54, 1.807) is 13.8 Å². The molecule has 4 heteroatoms. The van der Waals surface area contributed by atoms with E-state index >= 15 is 0 Å². The number of rotatable bonds is 3. The summed E-state index contributed by atoms with van der Waals surface area (Å²) in [5, 5.41) is 8.80. The Kier molecular flexibility index (Phi) is 3.02. The van der Waals surface area contributed by atoms with E-state index in [0.717, 1.165) is 25.7 Å². The van der Waals surface area contributed by atoms with Crippen LogP contribution in [0.2, 0.25) is 0 Å². The highest BCUT2D eigenvalue weighted by Gasteiger charge is 2.40. The van der Waals surface area contributed by atoms with Crippen LogP contribution in [0, 0.1) is 0 Å². The van der Waals surface area contributed by atoms with Crippen LogP contribution in [-0.4, -0.2) is 30.1 Å². The molecule has 0 unspecified atom stereocenters. The maximum Gasteiger partial charge on any atom is 0.160 e. The zero-order chi connectivity index (χ0) is 10.1. The van der Waals surface area contributed by atoms with Gasteiger partial charge in [0, 0.05) is 0 Å². The molecule has 1 N–H and O–H groups in total. The highest BCUT2D eigenvalue weighted by atomic mass is 32.2. The van der Waals surface area contributed by atoms with Crippen LogP contribution in [0.3, 0.4) is 0 Å². The van der Waals surface area contributed by atoms with Crippen LogP contribution >= 0.6 is 0 Å². The molecule has 1 aliphatic carbocycles.